The van der Waals surface area contributed by atoms with Crippen molar-refractivity contribution in [3.05, 3.63) is 41.8 Å². The highest BCUT2D eigenvalue weighted by Crippen LogP contribution is 2.34. The number of benzene rings is 1. The van der Waals surface area contributed by atoms with E-state index in [0.717, 1.165) is 11.4 Å². The summed E-state index contributed by atoms with van der Waals surface area (Å²) in [6, 6.07) is 9.31. The molecule has 2 heterocycles. The molecule has 1 aromatic heterocycles. The minimum Gasteiger partial charge on any atom is -0.361 e. The van der Waals surface area contributed by atoms with E-state index in [1.54, 1.807) is 29.7 Å². The van der Waals surface area contributed by atoms with Crippen molar-refractivity contribution >= 4 is 23.2 Å². The van der Waals surface area contributed by atoms with Gasteiger partial charge in [0.15, 0.2) is 0 Å². The first kappa shape index (κ1) is 16.2. The van der Waals surface area contributed by atoms with Gasteiger partial charge in [-0.3, -0.25) is 9.59 Å². The van der Waals surface area contributed by atoms with Crippen LogP contribution >= 0.6 is 0 Å². The van der Waals surface area contributed by atoms with Crippen LogP contribution in [0.15, 0.2) is 34.9 Å². The van der Waals surface area contributed by atoms with Crippen LogP contribution < -0.4 is 9.80 Å². The number of aryl methyl sites for hydroxylation is 1. The Balaban J connectivity index is 1.95. The second kappa shape index (κ2) is 6.47. The molecule has 126 valence electrons. The molecular formula is C18H21N3O3. The van der Waals surface area contributed by atoms with Gasteiger partial charge in [-0.25, -0.2) is 0 Å². The fourth-order valence-corrected chi connectivity index (χ4v) is 3.08. The summed E-state index contributed by atoms with van der Waals surface area (Å²) in [6.45, 7) is 6.56. The third kappa shape index (κ3) is 3.18. The van der Waals surface area contributed by atoms with Gasteiger partial charge in [0.2, 0.25) is 11.8 Å². The van der Waals surface area contributed by atoms with E-state index in [0.29, 0.717) is 24.5 Å². The van der Waals surface area contributed by atoms with Crippen LogP contribution in [0, 0.1) is 12.8 Å². The van der Waals surface area contributed by atoms with Crippen LogP contribution in [0.5, 0.6) is 0 Å². The van der Waals surface area contributed by atoms with Gasteiger partial charge in [0, 0.05) is 26.1 Å². The van der Waals surface area contributed by atoms with Gasteiger partial charge >= 0.3 is 0 Å². The summed E-state index contributed by atoms with van der Waals surface area (Å²) >= 11 is 0. The molecule has 0 fully saturated rings. The zero-order chi connectivity index (χ0) is 17.3. The second-order valence-corrected chi connectivity index (χ2v) is 6.33. The van der Waals surface area contributed by atoms with E-state index in [1.165, 1.54) is 0 Å². The largest absolute Gasteiger partial charge is 0.361 e. The third-order valence-electron chi connectivity index (χ3n) is 4.14. The quantitative estimate of drug-likeness (QED) is 0.850. The van der Waals surface area contributed by atoms with Crippen molar-refractivity contribution in [3.63, 3.8) is 0 Å². The van der Waals surface area contributed by atoms with Crippen LogP contribution in [-0.2, 0) is 16.0 Å². The number of nitrogens with zero attached hydrogens (tertiary/aromatic N) is 3. The molecule has 0 N–H and O–H groups in total. The average Bonchev–Trinajstić information content (AvgIpc) is 2.87. The fourth-order valence-electron chi connectivity index (χ4n) is 3.08. The maximum atomic E-state index is 12.9. The number of hydrogen-bond acceptors (Lipinski definition) is 4. The van der Waals surface area contributed by atoms with Gasteiger partial charge in [-0.05, 0) is 25.0 Å². The minimum absolute atomic E-state index is 0.0178. The van der Waals surface area contributed by atoms with Crippen LogP contribution in [-0.4, -0.2) is 30.1 Å². The summed E-state index contributed by atoms with van der Waals surface area (Å²) in [6.07, 6.45) is 0.179. The van der Waals surface area contributed by atoms with Gasteiger partial charge in [-0.15, -0.1) is 0 Å². The fraction of sp³-hybridized carbons (Fsp3) is 0.389. The number of carbonyl (C=O) groups is 2. The number of rotatable bonds is 2. The maximum absolute atomic E-state index is 12.9. The topological polar surface area (TPSA) is 66.7 Å². The van der Waals surface area contributed by atoms with Gasteiger partial charge in [-0.1, -0.05) is 24.2 Å². The molecule has 6 nitrogen and oxygen atoms in total. The van der Waals surface area contributed by atoms with Crippen molar-refractivity contribution in [1.29, 1.82) is 0 Å². The minimum atomic E-state index is -0.0481. The lowest BCUT2D eigenvalue weighted by molar-refractivity contribution is -0.118. The Morgan fingerprint density at radius 2 is 1.83 bits per heavy atom. The highest BCUT2D eigenvalue weighted by molar-refractivity contribution is 6.02. The Bertz CT molecular complexity index is 768. The van der Waals surface area contributed by atoms with E-state index in [1.807, 2.05) is 31.2 Å². The van der Waals surface area contributed by atoms with Gasteiger partial charge in [-0.2, -0.15) is 0 Å². The molecule has 0 spiro atoms. The molecule has 1 atom stereocenters. The van der Waals surface area contributed by atoms with E-state index in [-0.39, 0.29) is 24.2 Å². The second-order valence-electron chi connectivity index (χ2n) is 6.33. The average molecular weight is 327 g/mol. The first-order chi connectivity index (χ1) is 11.5. The standard InChI is InChI=1S/C18H21N3O3/c1-12-10-20(14(3)22)16-6-4-5-7-17(16)21(11-12)18(23)9-15-8-13(2)24-19-15/h4-8,12H,9-11H2,1-3H3. The first-order valence-corrected chi connectivity index (χ1v) is 8.05. The number of anilines is 2. The highest BCUT2D eigenvalue weighted by Gasteiger charge is 2.29. The number of carbonyl (C=O) groups excluding carboxylic acids is 2. The predicted octanol–water partition coefficient (Wildman–Crippen LogP) is 2.56. The number of fused-ring (bicyclic) bond motifs is 1. The molecule has 0 saturated carbocycles. The lowest BCUT2D eigenvalue weighted by Gasteiger charge is -2.24. The van der Waals surface area contributed by atoms with Crippen LogP contribution in [0.25, 0.3) is 0 Å². The molecule has 1 aromatic carbocycles. The lowest BCUT2D eigenvalue weighted by atomic mass is 10.1. The summed E-state index contributed by atoms with van der Waals surface area (Å²) < 4.78 is 5.04. The van der Waals surface area contributed by atoms with E-state index in [4.69, 9.17) is 4.52 Å². The van der Waals surface area contributed by atoms with Crippen LogP contribution in [0.4, 0.5) is 11.4 Å². The van der Waals surface area contributed by atoms with Crippen molar-refractivity contribution in [2.75, 3.05) is 22.9 Å². The first-order valence-electron chi connectivity index (χ1n) is 8.05. The van der Waals surface area contributed by atoms with Crippen LogP contribution in [0.2, 0.25) is 0 Å². The van der Waals surface area contributed by atoms with Crippen molar-refractivity contribution in [2.45, 2.75) is 27.2 Å². The van der Waals surface area contributed by atoms with Gasteiger partial charge in [0.05, 0.1) is 23.5 Å². The summed E-state index contributed by atoms with van der Waals surface area (Å²) in [5.74, 6) is 0.790. The Morgan fingerprint density at radius 1 is 1.21 bits per heavy atom. The van der Waals surface area contributed by atoms with E-state index >= 15 is 0 Å². The lowest BCUT2D eigenvalue weighted by Crippen LogP contribution is -2.36. The van der Waals surface area contributed by atoms with Gasteiger partial charge in [0.25, 0.3) is 0 Å². The van der Waals surface area contributed by atoms with E-state index < -0.39 is 0 Å². The molecule has 1 aliphatic rings. The van der Waals surface area contributed by atoms with Crippen molar-refractivity contribution in [3.8, 4) is 0 Å². The third-order valence-corrected chi connectivity index (χ3v) is 4.14. The smallest absolute Gasteiger partial charge is 0.233 e. The van der Waals surface area contributed by atoms with E-state index in [2.05, 4.69) is 5.16 Å². The Morgan fingerprint density at radius 3 is 2.42 bits per heavy atom. The summed E-state index contributed by atoms with van der Waals surface area (Å²) in [5.41, 5.74) is 2.16. The number of amides is 2. The van der Waals surface area contributed by atoms with Gasteiger partial charge in [0.1, 0.15) is 5.76 Å². The molecule has 0 aliphatic carbocycles. The van der Waals surface area contributed by atoms with Crippen LogP contribution in [0.1, 0.15) is 25.3 Å². The molecule has 1 aliphatic heterocycles. The molecule has 2 amide bonds. The van der Waals surface area contributed by atoms with E-state index in [9.17, 15) is 9.59 Å². The molecule has 24 heavy (non-hydrogen) atoms. The molecule has 0 saturated heterocycles. The summed E-state index contributed by atoms with van der Waals surface area (Å²) in [4.78, 5) is 28.4. The number of para-hydroxylation sites is 2. The molecule has 1 unspecified atom stereocenters. The SMILES string of the molecule is CC(=O)N1CC(C)CN(C(=O)Cc2cc(C)on2)c2ccccc21. The molecule has 2 aromatic rings. The van der Waals surface area contributed by atoms with Crippen molar-refractivity contribution < 1.29 is 14.1 Å². The monoisotopic (exact) mass is 327 g/mol. The number of aromatic nitrogens is 1. The van der Waals surface area contributed by atoms with Gasteiger partial charge < -0.3 is 14.3 Å². The zero-order valence-electron chi connectivity index (χ0n) is 14.2. The molecule has 3 rings (SSSR count). The zero-order valence-corrected chi connectivity index (χ0v) is 14.2. The molecule has 0 radical (unpaired) electrons. The summed E-state index contributed by atoms with van der Waals surface area (Å²) in [7, 11) is 0. The van der Waals surface area contributed by atoms with Crippen molar-refractivity contribution in [1.82, 2.24) is 5.16 Å². The normalized spacial score (nSPS) is 17.4. The highest BCUT2D eigenvalue weighted by atomic mass is 16.5. The van der Waals surface area contributed by atoms with Crippen LogP contribution in [0.3, 0.4) is 0 Å². The molecular weight excluding hydrogens is 306 g/mol. The Hall–Kier alpha value is -2.63. The molecule has 0 bridgehead atoms. The Labute approximate surface area is 141 Å². The predicted molar refractivity (Wildman–Crippen MR) is 90.9 cm³/mol. The van der Waals surface area contributed by atoms with Crippen molar-refractivity contribution in [2.24, 2.45) is 5.92 Å². The Kier molecular flexibility index (Phi) is 4.38. The molecule has 6 heteroatoms. The number of hydrogen-bond donors (Lipinski definition) is 0. The maximum Gasteiger partial charge on any atom is 0.233 e. The summed E-state index contributed by atoms with van der Waals surface area (Å²) in [5, 5.41) is 3.91.